The van der Waals surface area contributed by atoms with Gasteiger partial charge in [-0.1, -0.05) is 65.2 Å². The van der Waals surface area contributed by atoms with Crippen LogP contribution in [-0.2, 0) is 14.2 Å². The lowest BCUT2D eigenvalue weighted by Gasteiger charge is -2.64. The Labute approximate surface area is 228 Å². The number of unbranched alkanes of at least 4 members (excludes halogenated alkanes) is 1. The molecule has 0 aromatic rings. The van der Waals surface area contributed by atoms with Crippen LogP contribution in [0.15, 0.2) is 38.0 Å². The molecule has 4 rings (SSSR count). The topological polar surface area (TPSA) is 27.7 Å². The van der Waals surface area contributed by atoms with Crippen molar-refractivity contribution in [3.8, 4) is 0 Å². The molecular formula is C34H56O3. The molecule has 0 heterocycles. The Hall–Kier alpha value is -0.900. The van der Waals surface area contributed by atoms with Crippen molar-refractivity contribution >= 4 is 0 Å². The average Bonchev–Trinajstić information content (AvgIpc) is 3.26. The largest absolute Gasteiger partial charge is 0.374 e. The predicted octanol–water partition coefficient (Wildman–Crippen LogP) is 8.41. The highest BCUT2D eigenvalue weighted by Gasteiger charge is 2.66. The van der Waals surface area contributed by atoms with E-state index in [1.807, 2.05) is 18.2 Å². The van der Waals surface area contributed by atoms with Crippen molar-refractivity contribution in [2.45, 2.75) is 110 Å². The van der Waals surface area contributed by atoms with E-state index in [2.05, 4.69) is 47.4 Å². The third-order valence-electron chi connectivity index (χ3n) is 11.7. The molecule has 0 aromatic carbocycles. The first-order valence-corrected chi connectivity index (χ1v) is 15.5. The smallest absolute Gasteiger partial charge is 0.0648 e. The van der Waals surface area contributed by atoms with Gasteiger partial charge in [0.1, 0.15) is 0 Å². The van der Waals surface area contributed by atoms with Crippen LogP contribution in [0.25, 0.3) is 0 Å². The zero-order chi connectivity index (χ0) is 26.6. The summed E-state index contributed by atoms with van der Waals surface area (Å²) in [5, 5.41) is 0. The molecule has 4 aliphatic carbocycles. The average molecular weight is 513 g/mol. The highest BCUT2D eigenvalue weighted by atomic mass is 16.5. The number of hydrogen-bond donors (Lipinski definition) is 0. The van der Waals surface area contributed by atoms with E-state index >= 15 is 0 Å². The van der Waals surface area contributed by atoms with Gasteiger partial charge in [0.25, 0.3) is 0 Å². The second kappa shape index (κ2) is 12.5. The number of fused-ring (bicyclic) bond motifs is 5. The standard InChI is InChI=1S/C34H56O3/c1-8-12-13-24(5)27-14-15-28-32-29(23-31(34(27,28)7)37-20-11-4)33(6)17-16-26(35-18-9-2)21-25(33)22-30(32)36-19-10-3/h9-11,24-32H,2-4,8,12-23H2,1,5-7H3/t24-,25?,26+,27-,28+,29+,30?,31+,32?,33+,34-/m1/s1. The van der Waals surface area contributed by atoms with Crippen molar-refractivity contribution in [3.63, 3.8) is 0 Å². The highest BCUT2D eigenvalue weighted by molar-refractivity contribution is 5.15. The molecule has 37 heavy (non-hydrogen) atoms. The van der Waals surface area contributed by atoms with Crippen molar-refractivity contribution in [1.82, 2.24) is 0 Å². The summed E-state index contributed by atoms with van der Waals surface area (Å²) in [7, 11) is 0. The summed E-state index contributed by atoms with van der Waals surface area (Å²) >= 11 is 0. The van der Waals surface area contributed by atoms with E-state index in [9.17, 15) is 0 Å². The summed E-state index contributed by atoms with van der Waals surface area (Å²) in [6.07, 6.45) is 19.3. The fraction of sp³-hybridized carbons (Fsp3) is 0.824. The molecule has 0 saturated heterocycles. The molecule has 0 radical (unpaired) electrons. The lowest BCUT2D eigenvalue weighted by Crippen LogP contribution is -2.63. The molecule has 3 nitrogen and oxygen atoms in total. The second-order valence-electron chi connectivity index (χ2n) is 13.4. The summed E-state index contributed by atoms with van der Waals surface area (Å²) in [4.78, 5) is 0. The van der Waals surface area contributed by atoms with Gasteiger partial charge in [-0.05, 0) is 85.9 Å². The molecule has 210 valence electrons. The Morgan fingerprint density at radius 2 is 1.57 bits per heavy atom. The summed E-state index contributed by atoms with van der Waals surface area (Å²) in [5.41, 5.74) is 0.538. The number of ether oxygens (including phenoxy) is 3. The van der Waals surface area contributed by atoms with Gasteiger partial charge >= 0.3 is 0 Å². The van der Waals surface area contributed by atoms with Gasteiger partial charge in [-0.2, -0.15) is 0 Å². The molecule has 4 aliphatic rings. The van der Waals surface area contributed by atoms with E-state index in [-0.39, 0.29) is 5.41 Å². The monoisotopic (exact) mass is 512 g/mol. The normalized spacial score (nSPS) is 43.8. The minimum Gasteiger partial charge on any atom is -0.374 e. The summed E-state index contributed by atoms with van der Waals surface area (Å²) in [6.45, 7) is 23.9. The van der Waals surface area contributed by atoms with E-state index in [0.717, 1.165) is 18.3 Å². The fourth-order valence-electron chi connectivity index (χ4n) is 9.94. The van der Waals surface area contributed by atoms with Gasteiger partial charge in [0.05, 0.1) is 38.1 Å². The van der Waals surface area contributed by atoms with Crippen LogP contribution in [0.4, 0.5) is 0 Å². The maximum Gasteiger partial charge on any atom is 0.0648 e. The van der Waals surface area contributed by atoms with Crippen LogP contribution < -0.4 is 0 Å². The third-order valence-corrected chi connectivity index (χ3v) is 11.7. The maximum absolute atomic E-state index is 6.79. The molecule has 0 bridgehead atoms. The van der Waals surface area contributed by atoms with E-state index in [0.29, 0.717) is 67.2 Å². The van der Waals surface area contributed by atoms with Gasteiger partial charge in [-0.3, -0.25) is 0 Å². The Morgan fingerprint density at radius 1 is 0.865 bits per heavy atom. The van der Waals surface area contributed by atoms with Crippen molar-refractivity contribution in [3.05, 3.63) is 38.0 Å². The molecule has 4 saturated carbocycles. The molecule has 0 aromatic heterocycles. The number of rotatable bonds is 13. The molecular weight excluding hydrogens is 456 g/mol. The molecule has 0 aliphatic heterocycles. The van der Waals surface area contributed by atoms with Crippen LogP contribution in [0, 0.1) is 46.3 Å². The molecule has 0 amide bonds. The van der Waals surface area contributed by atoms with Gasteiger partial charge in [0.2, 0.25) is 0 Å². The van der Waals surface area contributed by atoms with Crippen molar-refractivity contribution in [1.29, 1.82) is 0 Å². The Balaban J connectivity index is 1.68. The fourth-order valence-corrected chi connectivity index (χ4v) is 9.94. The van der Waals surface area contributed by atoms with E-state index in [4.69, 9.17) is 14.2 Å². The quantitative estimate of drug-likeness (QED) is 0.232. The first kappa shape index (κ1) is 29.1. The predicted molar refractivity (Wildman–Crippen MR) is 154 cm³/mol. The van der Waals surface area contributed by atoms with Gasteiger partial charge in [0.15, 0.2) is 0 Å². The zero-order valence-corrected chi connectivity index (χ0v) is 24.5. The Kier molecular flexibility index (Phi) is 9.84. The van der Waals surface area contributed by atoms with Gasteiger partial charge in [0, 0.05) is 5.41 Å². The van der Waals surface area contributed by atoms with Crippen LogP contribution in [-0.4, -0.2) is 38.1 Å². The molecule has 3 heteroatoms. The first-order valence-electron chi connectivity index (χ1n) is 15.5. The zero-order valence-electron chi connectivity index (χ0n) is 24.5. The SMILES string of the molecule is C=CCOC1CC2C[C@@H](OCC=C)CC[C@]2(C)[C@H]2C[C@H](OCC=C)[C@]3(C)[C@@H]([C@H](C)CCCC)CC[C@H]3C12. The van der Waals surface area contributed by atoms with Crippen LogP contribution in [0.5, 0.6) is 0 Å². The lowest BCUT2D eigenvalue weighted by atomic mass is 9.43. The molecule has 0 N–H and O–H groups in total. The molecule has 11 atom stereocenters. The minimum atomic E-state index is 0.209. The van der Waals surface area contributed by atoms with Crippen LogP contribution in [0.1, 0.15) is 91.9 Å². The Morgan fingerprint density at radius 3 is 2.27 bits per heavy atom. The van der Waals surface area contributed by atoms with Crippen molar-refractivity contribution < 1.29 is 14.2 Å². The Bertz CT molecular complexity index is 777. The van der Waals surface area contributed by atoms with Crippen LogP contribution >= 0.6 is 0 Å². The second-order valence-corrected chi connectivity index (χ2v) is 13.4. The van der Waals surface area contributed by atoms with E-state index < -0.39 is 0 Å². The summed E-state index contributed by atoms with van der Waals surface area (Å²) in [5.74, 6) is 4.03. The molecule has 3 unspecified atom stereocenters. The molecule has 0 spiro atoms. The summed E-state index contributed by atoms with van der Waals surface area (Å²) in [6, 6.07) is 0. The maximum atomic E-state index is 6.79. The first-order chi connectivity index (χ1) is 17.8. The summed E-state index contributed by atoms with van der Waals surface area (Å²) < 4.78 is 19.7. The highest BCUT2D eigenvalue weighted by Crippen LogP contribution is 2.69. The third kappa shape index (κ3) is 5.44. The van der Waals surface area contributed by atoms with Crippen molar-refractivity contribution in [2.75, 3.05) is 19.8 Å². The van der Waals surface area contributed by atoms with Crippen LogP contribution in [0.3, 0.4) is 0 Å². The van der Waals surface area contributed by atoms with E-state index in [1.165, 1.54) is 57.8 Å². The van der Waals surface area contributed by atoms with Gasteiger partial charge in [-0.15, -0.1) is 19.7 Å². The van der Waals surface area contributed by atoms with E-state index in [1.54, 1.807) is 0 Å². The van der Waals surface area contributed by atoms with Gasteiger partial charge < -0.3 is 14.2 Å². The van der Waals surface area contributed by atoms with Gasteiger partial charge in [-0.25, -0.2) is 0 Å². The lowest BCUT2D eigenvalue weighted by molar-refractivity contribution is -0.223. The van der Waals surface area contributed by atoms with Crippen LogP contribution in [0.2, 0.25) is 0 Å². The number of hydrogen-bond acceptors (Lipinski definition) is 3. The minimum absolute atomic E-state index is 0.209. The van der Waals surface area contributed by atoms with Crippen molar-refractivity contribution in [2.24, 2.45) is 46.3 Å². The molecule has 4 fully saturated rings.